The Morgan fingerprint density at radius 1 is 1.15 bits per heavy atom. The Kier molecular flexibility index (Phi) is 5.03. The van der Waals surface area contributed by atoms with Crippen molar-refractivity contribution < 1.29 is 0 Å². The average Bonchev–Trinajstić information content (AvgIpc) is 2.46. The van der Waals surface area contributed by atoms with E-state index in [1.165, 1.54) is 5.56 Å². The van der Waals surface area contributed by atoms with Crippen LogP contribution in [0.2, 0.25) is 10.0 Å². The maximum atomic E-state index is 8.81. The molecule has 102 valence electrons. The number of rotatable bonds is 4. The fourth-order valence-electron chi connectivity index (χ4n) is 1.89. The van der Waals surface area contributed by atoms with Gasteiger partial charge in [-0.15, -0.1) is 0 Å². The Bertz CT molecular complexity index is 630. The third-order valence-electron chi connectivity index (χ3n) is 3.15. The molecule has 1 N–H and O–H groups in total. The minimum Gasteiger partial charge on any atom is -0.306 e. The van der Waals surface area contributed by atoms with Gasteiger partial charge in [-0.05, 0) is 42.3 Å². The predicted octanol–water partition coefficient (Wildman–Crippen LogP) is 4.72. The quantitative estimate of drug-likeness (QED) is 0.887. The molecule has 0 bridgehead atoms. The fourth-order valence-corrected chi connectivity index (χ4v) is 2.27. The lowest BCUT2D eigenvalue weighted by molar-refractivity contribution is 0.575. The molecule has 1 atom stereocenters. The molecule has 0 amide bonds. The molecule has 4 heteroatoms. The van der Waals surface area contributed by atoms with Crippen LogP contribution in [0.15, 0.2) is 42.5 Å². The summed E-state index contributed by atoms with van der Waals surface area (Å²) in [6, 6.07) is 15.4. The van der Waals surface area contributed by atoms with Gasteiger partial charge in [-0.3, -0.25) is 0 Å². The first-order valence-corrected chi connectivity index (χ1v) is 7.03. The van der Waals surface area contributed by atoms with Crippen LogP contribution in [0.25, 0.3) is 0 Å². The van der Waals surface area contributed by atoms with Crippen molar-refractivity contribution in [3.05, 3.63) is 69.2 Å². The van der Waals surface area contributed by atoms with Crippen LogP contribution in [0.5, 0.6) is 0 Å². The molecule has 0 aliphatic rings. The molecule has 0 saturated heterocycles. The standard InChI is InChI=1S/C16H14Cl2N2/c1-11(13-4-6-15(17)7-5-13)20-10-14-3-2-12(9-19)8-16(14)18/h2-8,11,20H,10H2,1H3/t11-/m1/s1. The molecule has 0 aromatic heterocycles. The van der Waals surface area contributed by atoms with Crippen molar-refractivity contribution in [1.29, 1.82) is 5.26 Å². The lowest BCUT2D eigenvalue weighted by Gasteiger charge is -2.15. The summed E-state index contributed by atoms with van der Waals surface area (Å²) >= 11 is 12.0. The summed E-state index contributed by atoms with van der Waals surface area (Å²) in [6.07, 6.45) is 0. The summed E-state index contributed by atoms with van der Waals surface area (Å²) < 4.78 is 0. The molecule has 0 aliphatic heterocycles. The van der Waals surface area contributed by atoms with Gasteiger partial charge in [0.15, 0.2) is 0 Å². The van der Waals surface area contributed by atoms with Crippen LogP contribution in [0.4, 0.5) is 0 Å². The van der Waals surface area contributed by atoms with E-state index < -0.39 is 0 Å². The van der Waals surface area contributed by atoms with Crippen LogP contribution in [-0.4, -0.2) is 0 Å². The molecule has 2 nitrogen and oxygen atoms in total. The Morgan fingerprint density at radius 3 is 2.45 bits per heavy atom. The van der Waals surface area contributed by atoms with Crippen molar-refractivity contribution in [3.8, 4) is 6.07 Å². The minimum absolute atomic E-state index is 0.193. The van der Waals surface area contributed by atoms with Crippen molar-refractivity contribution in [2.75, 3.05) is 0 Å². The zero-order valence-corrected chi connectivity index (χ0v) is 12.5. The summed E-state index contributed by atoms with van der Waals surface area (Å²) in [5.74, 6) is 0. The van der Waals surface area contributed by atoms with Gasteiger partial charge in [-0.25, -0.2) is 0 Å². The van der Waals surface area contributed by atoms with Gasteiger partial charge in [0.1, 0.15) is 0 Å². The van der Waals surface area contributed by atoms with E-state index in [2.05, 4.69) is 18.3 Å². The van der Waals surface area contributed by atoms with Crippen LogP contribution < -0.4 is 5.32 Å². The van der Waals surface area contributed by atoms with E-state index in [1.807, 2.05) is 30.3 Å². The highest BCUT2D eigenvalue weighted by molar-refractivity contribution is 6.31. The van der Waals surface area contributed by atoms with Gasteiger partial charge < -0.3 is 5.32 Å². The highest BCUT2D eigenvalue weighted by Gasteiger charge is 2.07. The van der Waals surface area contributed by atoms with Crippen LogP contribution in [0.3, 0.4) is 0 Å². The molecule has 0 spiro atoms. The van der Waals surface area contributed by atoms with Crippen molar-refractivity contribution in [2.45, 2.75) is 19.5 Å². The first kappa shape index (κ1) is 14.9. The third kappa shape index (κ3) is 3.74. The Labute approximate surface area is 128 Å². The molecule has 0 heterocycles. The monoisotopic (exact) mass is 304 g/mol. The average molecular weight is 305 g/mol. The zero-order chi connectivity index (χ0) is 14.5. The number of nitrogens with zero attached hydrogens (tertiary/aromatic N) is 1. The highest BCUT2D eigenvalue weighted by Crippen LogP contribution is 2.20. The van der Waals surface area contributed by atoms with Crippen LogP contribution >= 0.6 is 23.2 Å². The van der Waals surface area contributed by atoms with E-state index in [4.69, 9.17) is 28.5 Å². The van der Waals surface area contributed by atoms with E-state index in [0.29, 0.717) is 17.1 Å². The summed E-state index contributed by atoms with van der Waals surface area (Å²) in [5, 5.41) is 13.6. The number of nitriles is 1. The third-order valence-corrected chi connectivity index (χ3v) is 3.75. The molecular weight excluding hydrogens is 291 g/mol. The molecular formula is C16H14Cl2N2. The molecule has 0 unspecified atom stereocenters. The first-order chi connectivity index (χ1) is 9.60. The van der Waals surface area contributed by atoms with Gasteiger partial charge in [0.05, 0.1) is 11.6 Å². The van der Waals surface area contributed by atoms with Crippen LogP contribution in [0.1, 0.15) is 29.7 Å². The Hall–Kier alpha value is -1.53. The van der Waals surface area contributed by atoms with Crippen molar-refractivity contribution in [1.82, 2.24) is 5.32 Å². The van der Waals surface area contributed by atoms with Gasteiger partial charge in [0.2, 0.25) is 0 Å². The molecule has 0 aliphatic carbocycles. The number of hydrogen-bond donors (Lipinski definition) is 1. The van der Waals surface area contributed by atoms with Gasteiger partial charge in [-0.2, -0.15) is 5.26 Å². The summed E-state index contributed by atoms with van der Waals surface area (Å²) in [6.45, 7) is 2.73. The molecule has 0 fully saturated rings. The van der Waals surface area contributed by atoms with E-state index in [0.717, 1.165) is 10.6 Å². The number of benzene rings is 2. The highest BCUT2D eigenvalue weighted by atomic mass is 35.5. The first-order valence-electron chi connectivity index (χ1n) is 6.27. The fraction of sp³-hybridized carbons (Fsp3) is 0.188. The second-order valence-electron chi connectivity index (χ2n) is 4.57. The zero-order valence-electron chi connectivity index (χ0n) is 11.0. The maximum absolute atomic E-state index is 8.81. The lowest BCUT2D eigenvalue weighted by atomic mass is 10.1. The molecule has 0 radical (unpaired) electrons. The predicted molar refractivity (Wildman–Crippen MR) is 82.9 cm³/mol. The maximum Gasteiger partial charge on any atom is 0.0992 e. The van der Waals surface area contributed by atoms with E-state index in [1.54, 1.807) is 12.1 Å². The van der Waals surface area contributed by atoms with Crippen LogP contribution in [-0.2, 0) is 6.54 Å². The molecule has 0 saturated carbocycles. The summed E-state index contributed by atoms with van der Waals surface area (Å²) in [7, 11) is 0. The van der Waals surface area contributed by atoms with Crippen molar-refractivity contribution in [2.24, 2.45) is 0 Å². The van der Waals surface area contributed by atoms with Gasteiger partial charge >= 0.3 is 0 Å². The van der Waals surface area contributed by atoms with Crippen molar-refractivity contribution >= 4 is 23.2 Å². The number of hydrogen-bond acceptors (Lipinski definition) is 2. The van der Waals surface area contributed by atoms with E-state index in [9.17, 15) is 0 Å². The molecule has 20 heavy (non-hydrogen) atoms. The largest absolute Gasteiger partial charge is 0.306 e. The van der Waals surface area contributed by atoms with Crippen LogP contribution in [0, 0.1) is 11.3 Å². The normalized spacial score (nSPS) is 11.9. The SMILES string of the molecule is C[C@@H](NCc1ccc(C#N)cc1Cl)c1ccc(Cl)cc1. The summed E-state index contributed by atoms with van der Waals surface area (Å²) in [5.41, 5.74) is 2.72. The lowest BCUT2D eigenvalue weighted by Crippen LogP contribution is -2.18. The van der Waals surface area contributed by atoms with Gasteiger partial charge in [0, 0.05) is 22.6 Å². The minimum atomic E-state index is 0.193. The second kappa shape index (κ2) is 6.76. The van der Waals surface area contributed by atoms with E-state index >= 15 is 0 Å². The second-order valence-corrected chi connectivity index (χ2v) is 5.42. The van der Waals surface area contributed by atoms with E-state index in [-0.39, 0.29) is 6.04 Å². The molecule has 2 rings (SSSR count). The van der Waals surface area contributed by atoms with Gasteiger partial charge in [0.25, 0.3) is 0 Å². The molecule has 2 aromatic carbocycles. The van der Waals surface area contributed by atoms with Crippen molar-refractivity contribution in [3.63, 3.8) is 0 Å². The number of nitrogens with one attached hydrogen (secondary N) is 1. The van der Waals surface area contributed by atoms with Gasteiger partial charge in [-0.1, -0.05) is 41.4 Å². The number of halogens is 2. The Morgan fingerprint density at radius 2 is 1.85 bits per heavy atom. The topological polar surface area (TPSA) is 35.8 Å². The summed E-state index contributed by atoms with van der Waals surface area (Å²) in [4.78, 5) is 0. The Balaban J connectivity index is 2.01. The molecule has 2 aromatic rings. The smallest absolute Gasteiger partial charge is 0.0992 e.